The van der Waals surface area contributed by atoms with Gasteiger partial charge in [-0.1, -0.05) is 12.1 Å². The average molecular weight is 375 g/mol. The first-order chi connectivity index (χ1) is 11.2. The van der Waals surface area contributed by atoms with Crippen molar-refractivity contribution in [1.82, 2.24) is 15.3 Å². The van der Waals surface area contributed by atoms with Crippen LogP contribution in [0.4, 0.5) is 5.95 Å². The Morgan fingerprint density at radius 2 is 1.87 bits per heavy atom. The minimum atomic E-state index is -0.0219. The van der Waals surface area contributed by atoms with E-state index in [1.54, 1.807) is 12.4 Å². The Balaban J connectivity index is 1.48. The monoisotopic (exact) mass is 374 g/mol. The number of carbonyl (C=O) groups excluding carboxylic acids is 1. The van der Waals surface area contributed by atoms with Gasteiger partial charge in [0.15, 0.2) is 0 Å². The molecule has 1 N–H and O–H groups in total. The summed E-state index contributed by atoms with van der Waals surface area (Å²) in [5, 5.41) is 3.05. The molecule has 0 atom stereocenters. The highest BCUT2D eigenvalue weighted by molar-refractivity contribution is 9.10. The van der Waals surface area contributed by atoms with Gasteiger partial charge in [-0.15, -0.1) is 0 Å². The summed E-state index contributed by atoms with van der Waals surface area (Å²) in [6.45, 7) is 2.57. The van der Waals surface area contributed by atoms with Gasteiger partial charge in [0.05, 0.1) is 5.56 Å². The molecule has 0 bridgehead atoms. The van der Waals surface area contributed by atoms with E-state index >= 15 is 0 Å². The lowest BCUT2D eigenvalue weighted by molar-refractivity contribution is 0.0944. The van der Waals surface area contributed by atoms with Gasteiger partial charge in [-0.2, -0.15) is 0 Å². The number of halogens is 1. The highest BCUT2D eigenvalue weighted by atomic mass is 79.9. The molecule has 1 saturated heterocycles. The maximum absolute atomic E-state index is 12.2. The number of rotatable bonds is 4. The Morgan fingerprint density at radius 1 is 1.17 bits per heavy atom. The van der Waals surface area contributed by atoms with Gasteiger partial charge in [-0.3, -0.25) is 4.79 Å². The summed E-state index contributed by atoms with van der Waals surface area (Å²) in [7, 11) is 0. The first-order valence-electron chi connectivity index (χ1n) is 7.79. The molecule has 0 unspecified atom stereocenters. The molecule has 1 aromatic carbocycles. The average Bonchev–Trinajstić information content (AvgIpc) is 2.61. The molecule has 1 aliphatic rings. The molecule has 0 saturated carbocycles. The molecule has 0 radical (unpaired) electrons. The highest BCUT2D eigenvalue weighted by Gasteiger charge is 2.21. The van der Waals surface area contributed by atoms with Gasteiger partial charge in [0.25, 0.3) is 5.91 Å². The second-order valence-electron chi connectivity index (χ2n) is 5.67. The maximum atomic E-state index is 12.2. The van der Waals surface area contributed by atoms with Crippen molar-refractivity contribution in [2.75, 3.05) is 24.5 Å². The Labute approximate surface area is 144 Å². The lowest BCUT2D eigenvalue weighted by Gasteiger charge is -2.31. The van der Waals surface area contributed by atoms with Crippen LogP contribution >= 0.6 is 15.9 Å². The number of benzene rings is 1. The molecule has 5 nitrogen and oxygen atoms in total. The van der Waals surface area contributed by atoms with Crippen molar-refractivity contribution in [3.63, 3.8) is 0 Å². The highest BCUT2D eigenvalue weighted by Crippen LogP contribution is 2.20. The van der Waals surface area contributed by atoms with E-state index in [1.807, 2.05) is 30.3 Å². The number of anilines is 1. The lowest BCUT2D eigenvalue weighted by Crippen LogP contribution is -2.39. The Hall–Kier alpha value is -1.95. The van der Waals surface area contributed by atoms with Crippen molar-refractivity contribution >= 4 is 27.8 Å². The third-order valence-electron chi connectivity index (χ3n) is 4.12. The summed E-state index contributed by atoms with van der Waals surface area (Å²) in [6.07, 6.45) is 5.61. The molecule has 1 aliphatic heterocycles. The molecule has 2 heterocycles. The molecule has 6 heteroatoms. The number of nitrogens with one attached hydrogen (secondary N) is 1. The zero-order valence-electron chi connectivity index (χ0n) is 12.8. The van der Waals surface area contributed by atoms with Gasteiger partial charge in [0.2, 0.25) is 5.95 Å². The topological polar surface area (TPSA) is 58.1 Å². The Kier molecular flexibility index (Phi) is 5.23. The van der Waals surface area contributed by atoms with Crippen molar-refractivity contribution < 1.29 is 4.79 Å². The van der Waals surface area contributed by atoms with Crippen LogP contribution < -0.4 is 10.2 Å². The van der Waals surface area contributed by atoms with Gasteiger partial charge in [-0.05, 0) is 52.9 Å². The number of piperidine rings is 1. The van der Waals surface area contributed by atoms with Crippen LogP contribution in [0.5, 0.6) is 0 Å². The number of nitrogens with zero attached hydrogens (tertiary/aromatic N) is 3. The summed E-state index contributed by atoms with van der Waals surface area (Å²) >= 11 is 3.42. The fourth-order valence-corrected chi connectivity index (χ4v) is 3.23. The fourth-order valence-electron chi connectivity index (χ4n) is 2.77. The van der Waals surface area contributed by atoms with Crippen LogP contribution in [0.1, 0.15) is 23.2 Å². The molecule has 1 aromatic heterocycles. The largest absolute Gasteiger partial charge is 0.352 e. The van der Waals surface area contributed by atoms with Crippen molar-refractivity contribution in [1.29, 1.82) is 0 Å². The van der Waals surface area contributed by atoms with Gasteiger partial charge < -0.3 is 10.2 Å². The van der Waals surface area contributed by atoms with Crippen LogP contribution in [0.25, 0.3) is 0 Å². The van der Waals surface area contributed by atoms with E-state index < -0.39 is 0 Å². The van der Waals surface area contributed by atoms with Crippen molar-refractivity contribution in [2.45, 2.75) is 12.8 Å². The lowest BCUT2D eigenvalue weighted by atomic mass is 9.97. The summed E-state index contributed by atoms with van der Waals surface area (Å²) in [4.78, 5) is 23.0. The van der Waals surface area contributed by atoms with E-state index in [0.29, 0.717) is 18.0 Å². The molecule has 1 fully saturated rings. The van der Waals surface area contributed by atoms with E-state index in [1.165, 1.54) is 0 Å². The first kappa shape index (κ1) is 15.9. The molecule has 2 aromatic rings. The third-order valence-corrected chi connectivity index (χ3v) is 4.81. The minimum Gasteiger partial charge on any atom is -0.352 e. The van der Waals surface area contributed by atoms with Gasteiger partial charge in [0.1, 0.15) is 0 Å². The van der Waals surface area contributed by atoms with Crippen molar-refractivity contribution in [3.8, 4) is 0 Å². The Bertz CT molecular complexity index is 657. The molecular formula is C17H19BrN4O. The van der Waals surface area contributed by atoms with E-state index in [2.05, 4.69) is 36.1 Å². The second kappa shape index (κ2) is 7.55. The zero-order chi connectivity index (χ0) is 16.1. The van der Waals surface area contributed by atoms with Gasteiger partial charge in [-0.25, -0.2) is 9.97 Å². The smallest absolute Gasteiger partial charge is 0.252 e. The van der Waals surface area contributed by atoms with Crippen molar-refractivity contribution in [3.05, 3.63) is 52.8 Å². The van der Waals surface area contributed by atoms with Crippen LogP contribution in [-0.2, 0) is 0 Å². The molecule has 3 rings (SSSR count). The molecule has 1 amide bonds. The van der Waals surface area contributed by atoms with Gasteiger partial charge in [0, 0.05) is 36.5 Å². The number of carbonyl (C=O) groups is 1. The SMILES string of the molecule is O=C(NCC1CCN(c2ncccn2)CC1)c1ccccc1Br. The molecule has 120 valence electrons. The van der Waals surface area contributed by atoms with Crippen molar-refractivity contribution in [2.24, 2.45) is 5.92 Å². The third kappa shape index (κ3) is 4.07. The Morgan fingerprint density at radius 3 is 2.57 bits per heavy atom. The molecule has 23 heavy (non-hydrogen) atoms. The number of aromatic nitrogens is 2. The summed E-state index contributed by atoms with van der Waals surface area (Å²) in [6, 6.07) is 9.32. The number of hydrogen-bond donors (Lipinski definition) is 1. The van der Waals surface area contributed by atoms with E-state index in [0.717, 1.165) is 36.4 Å². The standard InChI is InChI=1S/C17H19BrN4O/c18-15-5-2-1-4-14(15)16(23)21-12-13-6-10-22(11-7-13)17-19-8-3-9-20-17/h1-5,8-9,13H,6-7,10-12H2,(H,21,23). The van der Waals surface area contributed by atoms with Gasteiger partial charge >= 0.3 is 0 Å². The summed E-state index contributed by atoms with van der Waals surface area (Å²) in [5.74, 6) is 1.27. The number of amides is 1. The molecular weight excluding hydrogens is 356 g/mol. The predicted molar refractivity (Wildman–Crippen MR) is 93.4 cm³/mol. The quantitative estimate of drug-likeness (QED) is 0.893. The first-order valence-corrected chi connectivity index (χ1v) is 8.58. The normalized spacial score (nSPS) is 15.4. The second-order valence-corrected chi connectivity index (χ2v) is 6.52. The maximum Gasteiger partial charge on any atom is 0.252 e. The van der Waals surface area contributed by atoms with Crippen LogP contribution in [0, 0.1) is 5.92 Å². The minimum absolute atomic E-state index is 0.0219. The summed E-state index contributed by atoms with van der Waals surface area (Å²) in [5.41, 5.74) is 0.683. The van der Waals surface area contributed by atoms with Crippen LogP contribution in [0.2, 0.25) is 0 Å². The zero-order valence-corrected chi connectivity index (χ0v) is 14.4. The van der Waals surface area contributed by atoms with E-state index in [9.17, 15) is 4.79 Å². The van der Waals surface area contributed by atoms with E-state index in [-0.39, 0.29) is 5.91 Å². The van der Waals surface area contributed by atoms with Crippen LogP contribution in [-0.4, -0.2) is 35.5 Å². The number of hydrogen-bond acceptors (Lipinski definition) is 4. The summed E-state index contributed by atoms with van der Waals surface area (Å²) < 4.78 is 0.827. The molecule has 0 aliphatic carbocycles. The van der Waals surface area contributed by atoms with E-state index in [4.69, 9.17) is 0 Å². The van der Waals surface area contributed by atoms with Crippen LogP contribution in [0.3, 0.4) is 0 Å². The predicted octanol–water partition coefficient (Wildman–Crippen LogP) is 2.89. The van der Waals surface area contributed by atoms with Crippen LogP contribution in [0.15, 0.2) is 47.2 Å². The molecule has 0 spiro atoms. The fraction of sp³-hybridized carbons (Fsp3) is 0.353.